The molecule has 0 saturated carbocycles. The number of rotatable bonds is 1. The van der Waals surface area contributed by atoms with E-state index < -0.39 is 0 Å². The number of piperidine rings is 1. The fraction of sp³-hybridized carbons (Fsp3) is 0.778. The third-order valence-electron chi connectivity index (χ3n) is 1.52. The van der Waals surface area contributed by atoms with Crippen LogP contribution in [0.3, 0.4) is 0 Å². The summed E-state index contributed by atoms with van der Waals surface area (Å²) < 4.78 is 4.90. The number of hydrogen-bond donors (Lipinski definition) is 2. The van der Waals surface area contributed by atoms with E-state index in [0.717, 1.165) is 25.9 Å². The zero-order chi connectivity index (χ0) is 9.82. The van der Waals surface area contributed by atoms with Gasteiger partial charge >= 0.3 is 0 Å². The monoisotopic (exact) mass is 282 g/mol. The Morgan fingerprint density at radius 3 is 1.85 bits per heavy atom. The molecule has 1 saturated heterocycles. The molecule has 1 aliphatic rings. The fourth-order valence-electron chi connectivity index (χ4n) is 0.962. The molecule has 0 bridgehead atoms. The quantitative estimate of drug-likeness (QED) is 0.569. The average molecular weight is 283 g/mol. The predicted octanol–water partition coefficient (Wildman–Crippen LogP) is 1.72. The van der Waals surface area contributed by atoms with E-state index in [4.69, 9.17) is 9.84 Å². The van der Waals surface area contributed by atoms with Crippen LogP contribution in [0, 0.1) is 14.2 Å². The van der Waals surface area contributed by atoms with E-state index in [1.165, 1.54) is 0 Å². The van der Waals surface area contributed by atoms with Crippen molar-refractivity contribution in [1.29, 1.82) is 0 Å². The van der Waals surface area contributed by atoms with Crippen LogP contribution in [0.4, 0.5) is 0 Å². The van der Waals surface area contributed by atoms with Crippen LogP contribution in [-0.4, -0.2) is 24.3 Å². The van der Waals surface area contributed by atoms with Gasteiger partial charge in [-0.15, -0.1) is 0 Å². The molecular weight excluding hydrogens is 262 g/mol. The topological polar surface area (TPSA) is 41.5 Å². The minimum Gasteiger partial charge on any atom is -0.569 e. The molecule has 1 aliphatic heterocycles. The Balaban J connectivity index is -0.000000178. The second kappa shape index (κ2) is 18.4. The Hall–Kier alpha value is 0.620. The van der Waals surface area contributed by atoms with Gasteiger partial charge in [0, 0.05) is 28.5 Å². The molecule has 1 rings (SSSR count). The fourth-order valence-corrected chi connectivity index (χ4v) is 0.962. The van der Waals surface area contributed by atoms with Crippen LogP contribution in [0.15, 0.2) is 0 Å². The maximum Gasteiger partial charge on any atom is 0.0252 e. The van der Waals surface area contributed by atoms with Crippen molar-refractivity contribution >= 4 is 0 Å². The molecule has 0 amide bonds. The number of aliphatic hydroxyl groups is 1. The summed E-state index contributed by atoms with van der Waals surface area (Å²) in [6.45, 7) is 6.17. The molecule has 0 aromatic rings. The van der Waals surface area contributed by atoms with E-state index in [1.54, 1.807) is 0 Å². The van der Waals surface area contributed by atoms with Crippen molar-refractivity contribution in [3.8, 4) is 0 Å². The van der Waals surface area contributed by atoms with Gasteiger partial charge in [-0.3, -0.25) is 0 Å². The minimum atomic E-state index is 0. The van der Waals surface area contributed by atoms with Crippen LogP contribution in [0.2, 0.25) is 0 Å². The largest absolute Gasteiger partial charge is 0.569 e. The van der Waals surface area contributed by atoms with Gasteiger partial charge < -0.3 is 15.2 Å². The van der Waals surface area contributed by atoms with E-state index in [9.17, 15) is 0 Å². The smallest absolute Gasteiger partial charge is 0.0252 e. The summed E-state index contributed by atoms with van der Waals surface area (Å²) in [7, 11) is 5.63. The molecule has 4 heteroatoms. The molecule has 1 radical (unpaired) electrons. The van der Waals surface area contributed by atoms with Gasteiger partial charge in [-0.25, -0.2) is 14.2 Å². The molecule has 0 unspecified atom stereocenters. The van der Waals surface area contributed by atoms with Gasteiger partial charge in [0.05, 0.1) is 0 Å². The van der Waals surface area contributed by atoms with Crippen LogP contribution in [0.25, 0.3) is 0 Å². The molecule has 13 heavy (non-hydrogen) atoms. The summed E-state index contributed by atoms with van der Waals surface area (Å²) >= 11 is 0. The molecule has 0 aliphatic carbocycles. The zero-order valence-electron chi connectivity index (χ0n) is 8.48. The van der Waals surface area contributed by atoms with Crippen molar-refractivity contribution < 1.29 is 32.2 Å². The molecule has 0 spiro atoms. The van der Waals surface area contributed by atoms with E-state index >= 15 is 0 Å². The van der Waals surface area contributed by atoms with Gasteiger partial charge in [0.1, 0.15) is 0 Å². The van der Waals surface area contributed by atoms with Crippen molar-refractivity contribution in [3.05, 3.63) is 14.2 Å². The Bertz CT molecular complexity index is 68.6. The van der Waals surface area contributed by atoms with Crippen molar-refractivity contribution in [2.75, 3.05) is 13.1 Å². The summed E-state index contributed by atoms with van der Waals surface area (Å²) in [5.74, 6) is 0. The summed E-state index contributed by atoms with van der Waals surface area (Å²) in [6, 6.07) is 0. The maximum atomic E-state index is 6.75. The standard InChI is InChI=1S/C6H12NO.C2H6.CH3O.Ag/c1-8-6-2-4-7-5-3-6;2*1-2;/h6-7H,1-5H2;1-2H3;2H,1H2;/q-1;;-1;. The van der Waals surface area contributed by atoms with Crippen molar-refractivity contribution in [2.24, 2.45) is 0 Å². The van der Waals surface area contributed by atoms with Crippen molar-refractivity contribution in [3.63, 3.8) is 0 Å². The van der Waals surface area contributed by atoms with E-state index in [1.807, 2.05) is 13.8 Å². The summed E-state index contributed by atoms with van der Waals surface area (Å²) in [5.41, 5.74) is 0. The van der Waals surface area contributed by atoms with Gasteiger partial charge in [-0.1, -0.05) is 13.8 Å². The molecule has 1 fully saturated rings. The Kier molecular flexibility index (Phi) is 27.2. The Labute approximate surface area is 97.8 Å². The minimum absolute atomic E-state index is 0. The molecule has 0 atom stereocenters. The van der Waals surface area contributed by atoms with Crippen molar-refractivity contribution in [1.82, 2.24) is 5.32 Å². The summed E-state index contributed by atoms with van der Waals surface area (Å²) in [5, 5.41) is 9.99. The molecule has 0 aromatic heterocycles. The Morgan fingerprint density at radius 1 is 1.23 bits per heavy atom. The van der Waals surface area contributed by atoms with Gasteiger partial charge in [0.2, 0.25) is 0 Å². The Morgan fingerprint density at radius 2 is 1.62 bits per heavy atom. The first-order chi connectivity index (χ1) is 5.93. The van der Waals surface area contributed by atoms with E-state index in [0.29, 0.717) is 6.10 Å². The van der Waals surface area contributed by atoms with Crippen LogP contribution >= 0.6 is 0 Å². The summed E-state index contributed by atoms with van der Waals surface area (Å²) in [6.07, 6.45) is 2.64. The normalized spacial score (nSPS) is 15.5. The van der Waals surface area contributed by atoms with Crippen LogP contribution in [0.5, 0.6) is 0 Å². The number of hydrogen-bond acceptors (Lipinski definition) is 3. The number of aliphatic hydroxyl groups excluding tert-OH is 1. The van der Waals surface area contributed by atoms with Gasteiger partial charge in [-0.05, 0) is 25.9 Å². The van der Waals surface area contributed by atoms with Crippen LogP contribution in [0.1, 0.15) is 26.7 Å². The molecule has 0 aromatic carbocycles. The van der Waals surface area contributed by atoms with Gasteiger partial charge in [0.25, 0.3) is 0 Å². The first-order valence-corrected chi connectivity index (χ1v) is 4.36. The zero-order valence-corrected chi connectivity index (χ0v) is 9.96. The van der Waals surface area contributed by atoms with E-state index in [-0.39, 0.29) is 22.4 Å². The molecule has 2 N–H and O–H groups in total. The SMILES string of the molecule is CC.[Ag].[CH2-]O.[CH2-]OC1CCNCC1. The maximum absolute atomic E-state index is 6.75. The first kappa shape index (κ1) is 19.2. The van der Waals surface area contributed by atoms with Crippen molar-refractivity contribution in [2.45, 2.75) is 32.8 Å². The average Bonchev–Trinajstić information content (AvgIpc) is 2.25. The number of nitrogens with one attached hydrogen (secondary N) is 1. The van der Waals surface area contributed by atoms with E-state index in [2.05, 4.69) is 19.5 Å². The van der Waals surface area contributed by atoms with Crippen LogP contribution in [-0.2, 0) is 27.1 Å². The molecular formula is C9H21AgNO2-2. The molecule has 87 valence electrons. The van der Waals surface area contributed by atoms with Crippen LogP contribution < -0.4 is 5.32 Å². The third-order valence-corrected chi connectivity index (χ3v) is 1.52. The van der Waals surface area contributed by atoms with Gasteiger partial charge in [0.15, 0.2) is 0 Å². The molecule has 1 heterocycles. The van der Waals surface area contributed by atoms with Gasteiger partial charge in [-0.2, -0.15) is 0 Å². The molecule has 3 nitrogen and oxygen atoms in total. The second-order valence-electron chi connectivity index (χ2n) is 2.12. The third kappa shape index (κ3) is 12.6. The number of ether oxygens (including phenoxy) is 1. The summed E-state index contributed by atoms with van der Waals surface area (Å²) in [4.78, 5) is 0. The predicted molar refractivity (Wildman–Crippen MR) is 51.0 cm³/mol. The first-order valence-electron chi connectivity index (χ1n) is 4.36. The second-order valence-corrected chi connectivity index (χ2v) is 2.12.